The van der Waals surface area contributed by atoms with Gasteiger partial charge in [0.25, 0.3) is 0 Å². The number of hydrogen-bond acceptors (Lipinski definition) is 3. The van der Waals surface area contributed by atoms with Crippen molar-refractivity contribution in [1.82, 2.24) is 4.72 Å². The van der Waals surface area contributed by atoms with Gasteiger partial charge >= 0.3 is 0 Å². The monoisotopic (exact) mass is 241 g/mol. The molecule has 1 aromatic carbocycles. The van der Waals surface area contributed by atoms with E-state index in [0.29, 0.717) is 12.4 Å². The van der Waals surface area contributed by atoms with E-state index in [-0.39, 0.29) is 10.3 Å². The second kappa shape index (κ2) is 3.46. The van der Waals surface area contributed by atoms with Crippen LogP contribution in [0.5, 0.6) is 5.75 Å². The van der Waals surface area contributed by atoms with Crippen molar-refractivity contribution in [2.75, 3.05) is 13.7 Å². The Bertz CT molecular complexity index is 520. The maximum Gasteiger partial charge on any atom is 0.240 e. The lowest BCUT2D eigenvalue weighted by Gasteiger charge is -2.14. The van der Waals surface area contributed by atoms with Gasteiger partial charge in [-0.2, -0.15) is 0 Å². The summed E-state index contributed by atoms with van der Waals surface area (Å²) in [6.07, 6.45) is 0. The largest absolute Gasteiger partial charge is 0.492 e. The molecule has 0 amide bonds. The highest BCUT2D eigenvalue weighted by Gasteiger charge is 2.32. The van der Waals surface area contributed by atoms with Crippen LogP contribution in [0.1, 0.15) is 19.4 Å². The number of sulfonamides is 1. The van der Waals surface area contributed by atoms with E-state index in [2.05, 4.69) is 18.6 Å². The van der Waals surface area contributed by atoms with Crippen LogP contribution in [0.2, 0.25) is 0 Å². The number of benzene rings is 1. The topological polar surface area (TPSA) is 55.4 Å². The zero-order valence-electron chi connectivity index (χ0n) is 9.57. The zero-order valence-corrected chi connectivity index (χ0v) is 10.4. The van der Waals surface area contributed by atoms with Crippen molar-refractivity contribution < 1.29 is 13.2 Å². The van der Waals surface area contributed by atoms with Crippen molar-refractivity contribution in [2.45, 2.75) is 24.2 Å². The van der Waals surface area contributed by atoms with Crippen molar-refractivity contribution in [3.05, 3.63) is 23.8 Å². The average Bonchev–Trinajstić information content (AvgIpc) is 2.55. The summed E-state index contributed by atoms with van der Waals surface area (Å²) in [5.41, 5.74) is 1.01. The van der Waals surface area contributed by atoms with E-state index in [4.69, 9.17) is 4.74 Å². The van der Waals surface area contributed by atoms with Gasteiger partial charge in [0.1, 0.15) is 5.75 Å². The average molecular weight is 241 g/mol. The number of nitrogens with one attached hydrogen (secondary N) is 1. The van der Waals surface area contributed by atoms with E-state index in [0.717, 1.165) is 5.56 Å². The third-order valence-electron chi connectivity index (χ3n) is 2.85. The molecule has 1 N–H and O–H groups in total. The second-order valence-corrected chi connectivity index (χ2v) is 6.42. The van der Waals surface area contributed by atoms with Gasteiger partial charge in [-0.25, -0.2) is 13.1 Å². The van der Waals surface area contributed by atoms with E-state index < -0.39 is 10.0 Å². The van der Waals surface area contributed by atoms with Crippen molar-refractivity contribution in [3.63, 3.8) is 0 Å². The minimum Gasteiger partial charge on any atom is -0.492 e. The molecular formula is C11H15NO3S. The molecule has 0 saturated heterocycles. The van der Waals surface area contributed by atoms with Crippen LogP contribution in [0.3, 0.4) is 0 Å². The quantitative estimate of drug-likeness (QED) is 0.848. The van der Waals surface area contributed by atoms with Crippen LogP contribution in [-0.2, 0) is 15.4 Å². The highest BCUT2D eigenvalue weighted by molar-refractivity contribution is 7.89. The van der Waals surface area contributed by atoms with Crippen LogP contribution >= 0.6 is 0 Å². The Kier molecular flexibility index (Phi) is 2.47. The molecule has 0 atom stereocenters. The molecule has 0 radical (unpaired) electrons. The molecule has 2 rings (SSSR count). The lowest BCUT2D eigenvalue weighted by molar-refractivity contribution is 0.290. The van der Waals surface area contributed by atoms with Gasteiger partial charge in [0.15, 0.2) is 0 Å². The fraction of sp³-hybridized carbons (Fsp3) is 0.455. The lowest BCUT2D eigenvalue weighted by Crippen LogP contribution is -2.19. The van der Waals surface area contributed by atoms with Crippen molar-refractivity contribution in [3.8, 4) is 5.75 Å². The lowest BCUT2D eigenvalue weighted by atomic mass is 9.87. The van der Waals surface area contributed by atoms with Gasteiger partial charge in [0, 0.05) is 17.0 Å². The number of hydrogen-bond donors (Lipinski definition) is 1. The molecule has 0 unspecified atom stereocenters. The molecule has 88 valence electrons. The Labute approximate surface area is 95.7 Å². The summed E-state index contributed by atoms with van der Waals surface area (Å²) in [5.74, 6) is 0.668. The predicted molar refractivity (Wildman–Crippen MR) is 61.2 cm³/mol. The molecule has 16 heavy (non-hydrogen) atoms. The number of ether oxygens (including phenoxy) is 1. The molecule has 1 aromatic rings. The summed E-state index contributed by atoms with van der Waals surface area (Å²) in [7, 11) is -1.99. The van der Waals surface area contributed by atoms with E-state index >= 15 is 0 Å². The molecule has 0 saturated carbocycles. The number of fused-ring (bicyclic) bond motifs is 1. The SMILES string of the molecule is CNS(=O)(=O)c1ccc2c(c1)OCC2(C)C. The Morgan fingerprint density at radius 3 is 2.69 bits per heavy atom. The summed E-state index contributed by atoms with van der Waals surface area (Å²) < 4.78 is 31.0. The Balaban J connectivity index is 2.52. The van der Waals surface area contributed by atoms with Crippen LogP contribution in [0.25, 0.3) is 0 Å². The highest BCUT2D eigenvalue weighted by atomic mass is 32.2. The summed E-state index contributed by atoms with van der Waals surface area (Å²) in [6.45, 7) is 4.74. The first-order valence-corrected chi connectivity index (χ1v) is 6.56. The molecule has 0 spiro atoms. The van der Waals surface area contributed by atoms with Crippen LogP contribution in [0, 0.1) is 0 Å². The van der Waals surface area contributed by atoms with Crippen LogP contribution in [0.15, 0.2) is 23.1 Å². The molecule has 0 fully saturated rings. The maximum atomic E-state index is 11.6. The Morgan fingerprint density at radius 1 is 1.38 bits per heavy atom. The number of rotatable bonds is 2. The van der Waals surface area contributed by atoms with Crippen LogP contribution < -0.4 is 9.46 Å². The first kappa shape index (κ1) is 11.4. The highest BCUT2D eigenvalue weighted by Crippen LogP contribution is 2.39. The summed E-state index contributed by atoms with van der Waals surface area (Å²) in [4.78, 5) is 0.242. The smallest absolute Gasteiger partial charge is 0.240 e. The van der Waals surface area contributed by atoms with Gasteiger partial charge in [0.2, 0.25) is 10.0 Å². The van der Waals surface area contributed by atoms with E-state index in [1.165, 1.54) is 7.05 Å². The standard InChI is InChI=1S/C11H15NO3S/c1-11(2)7-15-10-6-8(4-5-9(10)11)16(13,14)12-3/h4-6,12H,7H2,1-3H3. The van der Waals surface area contributed by atoms with Crippen LogP contribution in [-0.4, -0.2) is 22.1 Å². The maximum absolute atomic E-state index is 11.6. The van der Waals surface area contributed by atoms with Gasteiger partial charge in [-0.1, -0.05) is 19.9 Å². The molecule has 0 aliphatic carbocycles. The third-order valence-corrected chi connectivity index (χ3v) is 4.26. The van der Waals surface area contributed by atoms with E-state index in [9.17, 15) is 8.42 Å². The second-order valence-electron chi connectivity index (χ2n) is 4.54. The Hall–Kier alpha value is -1.07. The van der Waals surface area contributed by atoms with E-state index in [1.54, 1.807) is 12.1 Å². The van der Waals surface area contributed by atoms with Gasteiger partial charge in [-0.15, -0.1) is 0 Å². The fourth-order valence-corrected chi connectivity index (χ4v) is 2.55. The first-order valence-electron chi connectivity index (χ1n) is 5.08. The van der Waals surface area contributed by atoms with Crippen molar-refractivity contribution in [1.29, 1.82) is 0 Å². The summed E-state index contributed by atoms with van der Waals surface area (Å²) in [6, 6.07) is 5.02. The van der Waals surface area contributed by atoms with Crippen LogP contribution in [0.4, 0.5) is 0 Å². The van der Waals surface area contributed by atoms with Gasteiger partial charge in [-0.05, 0) is 13.1 Å². The molecule has 0 aromatic heterocycles. The van der Waals surface area contributed by atoms with Gasteiger partial charge in [0.05, 0.1) is 11.5 Å². The summed E-state index contributed by atoms with van der Waals surface area (Å²) >= 11 is 0. The molecular weight excluding hydrogens is 226 g/mol. The van der Waals surface area contributed by atoms with Gasteiger partial charge < -0.3 is 4.74 Å². The van der Waals surface area contributed by atoms with Gasteiger partial charge in [-0.3, -0.25) is 0 Å². The molecule has 4 nitrogen and oxygen atoms in total. The fourth-order valence-electron chi connectivity index (χ4n) is 1.80. The third kappa shape index (κ3) is 1.70. The van der Waals surface area contributed by atoms with E-state index in [1.807, 2.05) is 6.07 Å². The van der Waals surface area contributed by atoms with Crippen molar-refractivity contribution >= 4 is 10.0 Å². The molecule has 1 heterocycles. The summed E-state index contributed by atoms with van der Waals surface area (Å²) in [5, 5.41) is 0. The normalized spacial score (nSPS) is 17.9. The first-order chi connectivity index (χ1) is 7.37. The minimum atomic E-state index is -3.39. The predicted octanol–water partition coefficient (Wildman–Crippen LogP) is 1.26. The zero-order chi connectivity index (χ0) is 12.0. The van der Waals surface area contributed by atoms with Crippen molar-refractivity contribution in [2.24, 2.45) is 0 Å². The molecule has 1 aliphatic rings. The molecule has 1 aliphatic heterocycles. The minimum absolute atomic E-state index is 0.0444. The molecule has 0 bridgehead atoms. The molecule has 5 heteroatoms. The Morgan fingerprint density at radius 2 is 2.06 bits per heavy atom.